The topological polar surface area (TPSA) is 66.4 Å². The molecule has 4 nitrogen and oxygen atoms in total. The Morgan fingerprint density at radius 3 is 2.85 bits per heavy atom. The molecule has 0 aliphatic rings. The number of carbonyl (C=O) groups is 1. The van der Waals surface area contributed by atoms with Crippen LogP contribution < -0.4 is 5.32 Å². The number of benzene rings is 1. The zero-order chi connectivity index (χ0) is 15.0. The molecule has 0 aliphatic carbocycles. The van der Waals surface area contributed by atoms with E-state index in [1.807, 2.05) is 13.0 Å². The van der Waals surface area contributed by atoms with E-state index in [1.165, 1.54) is 0 Å². The third-order valence-electron chi connectivity index (χ3n) is 2.71. The molecule has 0 saturated carbocycles. The van der Waals surface area contributed by atoms with Gasteiger partial charge >= 0.3 is 0 Å². The van der Waals surface area contributed by atoms with Gasteiger partial charge in [-0.3, -0.25) is 9.00 Å². The van der Waals surface area contributed by atoms with Gasteiger partial charge in [-0.05, 0) is 24.6 Å². The molecule has 0 fully saturated rings. The first-order valence-electron chi connectivity index (χ1n) is 6.34. The van der Waals surface area contributed by atoms with Crippen LogP contribution in [0.4, 0.5) is 0 Å². The third-order valence-corrected chi connectivity index (χ3v) is 3.49. The van der Waals surface area contributed by atoms with Gasteiger partial charge in [-0.25, -0.2) is 0 Å². The summed E-state index contributed by atoms with van der Waals surface area (Å²) < 4.78 is 11.0. The second-order valence-electron chi connectivity index (χ2n) is 4.29. The fourth-order valence-electron chi connectivity index (χ4n) is 1.63. The van der Waals surface area contributed by atoms with Gasteiger partial charge in [-0.15, -0.1) is 0 Å². The van der Waals surface area contributed by atoms with Crippen LogP contribution in [-0.4, -0.2) is 40.4 Å². The average Bonchev–Trinajstić information content (AvgIpc) is 2.40. The SMILES string of the molecule is Cc1c(C#CCCO)cccc1C(=O)NCCS(C)=O. The molecule has 2 N–H and O–H groups in total. The molecule has 108 valence electrons. The summed E-state index contributed by atoms with van der Waals surface area (Å²) in [5, 5.41) is 11.5. The normalized spacial score (nSPS) is 11.3. The Labute approximate surface area is 122 Å². The summed E-state index contributed by atoms with van der Waals surface area (Å²) in [6.07, 6.45) is 2.02. The predicted octanol–water partition coefficient (Wildman–Crippen LogP) is 0.837. The highest BCUT2D eigenvalue weighted by atomic mass is 32.2. The van der Waals surface area contributed by atoms with Gasteiger partial charge in [0.15, 0.2) is 0 Å². The van der Waals surface area contributed by atoms with E-state index in [1.54, 1.807) is 18.4 Å². The molecule has 1 aromatic carbocycles. The Hall–Kier alpha value is -1.64. The molecule has 1 unspecified atom stereocenters. The standard InChI is InChI=1S/C15H19NO3S/c1-12-13(6-3-4-10-17)7-5-8-14(12)15(18)16-9-11-20(2)19/h5,7-8,17H,4,9-11H2,1-2H3,(H,16,18). The van der Waals surface area contributed by atoms with Crippen molar-refractivity contribution in [3.8, 4) is 11.8 Å². The quantitative estimate of drug-likeness (QED) is 0.791. The van der Waals surface area contributed by atoms with Crippen molar-refractivity contribution in [1.82, 2.24) is 5.32 Å². The number of rotatable bonds is 5. The molecule has 0 aromatic heterocycles. The molecule has 1 aromatic rings. The molecule has 0 radical (unpaired) electrons. The number of aliphatic hydroxyl groups excluding tert-OH is 1. The molecule has 1 atom stereocenters. The number of carbonyl (C=O) groups excluding carboxylic acids is 1. The van der Waals surface area contributed by atoms with E-state index in [9.17, 15) is 9.00 Å². The summed E-state index contributed by atoms with van der Waals surface area (Å²) in [7, 11) is -0.914. The van der Waals surface area contributed by atoms with Crippen molar-refractivity contribution < 1.29 is 14.1 Å². The minimum Gasteiger partial charge on any atom is -0.395 e. The fourth-order valence-corrected chi connectivity index (χ4v) is 2.02. The number of aliphatic hydroxyl groups is 1. The summed E-state index contributed by atoms with van der Waals surface area (Å²) >= 11 is 0. The Balaban J connectivity index is 2.80. The van der Waals surface area contributed by atoms with E-state index in [0.29, 0.717) is 24.3 Å². The smallest absolute Gasteiger partial charge is 0.251 e. The largest absolute Gasteiger partial charge is 0.395 e. The third kappa shape index (κ3) is 5.16. The zero-order valence-corrected chi connectivity index (χ0v) is 12.5. The Morgan fingerprint density at radius 1 is 1.45 bits per heavy atom. The Morgan fingerprint density at radius 2 is 2.20 bits per heavy atom. The van der Waals surface area contributed by atoms with Crippen LogP contribution >= 0.6 is 0 Å². The second kappa shape index (κ2) is 8.51. The molecule has 0 heterocycles. The Kier molecular flexibility index (Phi) is 6.99. The van der Waals surface area contributed by atoms with Crippen molar-refractivity contribution >= 4 is 16.7 Å². The van der Waals surface area contributed by atoms with Gasteiger partial charge in [0.05, 0.1) is 6.61 Å². The number of amides is 1. The molecule has 0 spiro atoms. The number of nitrogens with one attached hydrogen (secondary N) is 1. The van der Waals surface area contributed by atoms with Crippen LogP contribution in [0.1, 0.15) is 27.9 Å². The van der Waals surface area contributed by atoms with Crippen LogP contribution in [0.2, 0.25) is 0 Å². The first-order chi connectivity index (χ1) is 9.56. The lowest BCUT2D eigenvalue weighted by Gasteiger charge is -2.08. The van der Waals surface area contributed by atoms with E-state index in [0.717, 1.165) is 11.1 Å². The van der Waals surface area contributed by atoms with E-state index >= 15 is 0 Å². The first kappa shape index (κ1) is 16.4. The van der Waals surface area contributed by atoms with Gasteiger partial charge in [0.25, 0.3) is 5.91 Å². The molecule has 1 amide bonds. The maximum Gasteiger partial charge on any atom is 0.251 e. The predicted molar refractivity (Wildman–Crippen MR) is 81.0 cm³/mol. The van der Waals surface area contributed by atoms with Crippen LogP contribution in [0.5, 0.6) is 0 Å². The molecule has 0 saturated heterocycles. The Bertz CT molecular complexity index is 558. The molecular formula is C15H19NO3S. The van der Waals surface area contributed by atoms with E-state index in [4.69, 9.17) is 5.11 Å². The van der Waals surface area contributed by atoms with Crippen LogP contribution in [0.3, 0.4) is 0 Å². The summed E-state index contributed by atoms with van der Waals surface area (Å²) in [5.74, 6) is 6.05. The highest BCUT2D eigenvalue weighted by Crippen LogP contribution is 2.12. The van der Waals surface area contributed by atoms with Gasteiger partial charge in [0.2, 0.25) is 0 Å². The molecule has 5 heteroatoms. The highest BCUT2D eigenvalue weighted by molar-refractivity contribution is 7.84. The van der Waals surface area contributed by atoms with Gasteiger partial charge < -0.3 is 10.4 Å². The summed E-state index contributed by atoms with van der Waals surface area (Å²) in [6.45, 7) is 2.26. The van der Waals surface area contributed by atoms with E-state index in [2.05, 4.69) is 17.2 Å². The van der Waals surface area contributed by atoms with Crippen molar-refractivity contribution in [2.24, 2.45) is 0 Å². The number of hydrogen-bond donors (Lipinski definition) is 2. The van der Waals surface area contributed by atoms with Crippen molar-refractivity contribution in [3.63, 3.8) is 0 Å². The molecule has 1 rings (SSSR count). The van der Waals surface area contributed by atoms with Crippen molar-refractivity contribution in [3.05, 3.63) is 34.9 Å². The fraction of sp³-hybridized carbons (Fsp3) is 0.400. The molecular weight excluding hydrogens is 274 g/mol. The van der Waals surface area contributed by atoms with E-state index < -0.39 is 10.8 Å². The van der Waals surface area contributed by atoms with Crippen molar-refractivity contribution in [1.29, 1.82) is 0 Å². The average molecular weight is 293 g/mol. The summed E-state index contributed by atoms with van der Waals surface area (Å²) in [4.78, 5) is 12.0. The summed E-state index contributed by atoms with van der Waals surface area (Å²) in [6, 6.07) is 5.37. The zero-order valence-electron chi connectivity index (χ0n) is 11.7. The maximum atomic E-state index is 12.0. The van der Waals surface area contributed by atoms with Gasteiger partial charge in [0.1, 0.15) is 0 Å². The molecule has 20 heavy (non-hydrogen) atoms. The van der Waals surface area contributed by atoms with Gasteiger partial charge in [0, 0.05) is 46.9 Å². The van der Waals surface area contributed by atoms with Crippen molar-refractivity contribution in [2.45, 2.75) is 13.3 Å². The van der Waals surface area contributed by atoms with Crippen LogP contribution in [0.25, 0.3) is 0 Å². The first-order valence-corrected chi connectivity index (χ1v) is 8.06. The highest BCUT2D eigenvalue weighted by Gasteiger charge is 2.10. The van der Waals surface area contributed by atoms with Crippen molar-refractivity contribution in [2.75, 3.05) is 25.2 Å². The lowest BCUT2D eigenvalue weighted by atomic mass is 10.0. The van der Waals surface area contributed by atoms with Crippen LogP contribution in [0, 0.1) is 18.8 Å². The van der Waals surface area contributed by atoms with Crippen LogP contribution in [-0.2, 0) is 10.8 Å². The summed E-state index contributed by atoms with van der Waals surface area (Å²) in [5.41, 5.74) is 2.17. The molecule has 0 bridgehead atoms. The van der Waals surface area contributed by atoms with Gasteiger partial charge in [-0.2, -0.15) is 0 Å². The number of hydrogen-bond acceptors (Lipinski definition) is 3. The minimum atomic E-state index is -0.914. The minimum absolute atomic E-state index is 0.0282. The van der Waals surface area contributed by atoms with E-state index in [-0.39, 0.29) is 12.5 Å². The maximum absolute atomic E-state index is 12.0. The monoisotopic (exact) mass is 293 g/mol. The lowest BCUT2D eigenvalue weighted by Crippen LogP contribution is -2.28. The van der Waals surface area contributed by atoms with Crippen LogP contribution in [0.15, 0.2) is 18.2 Å². The lowest BCUT2D eigenvalue weighted by molar-refractivity contribution is 0.0955. The second-order valence-corrected chi connectivity index (χ2v) is 5.84. The van der Waals surface area contributed by atoms with Gasteiger partial charge in [-0.1, -0.05) is 17.9 Å². The molecule has 0 aliphatic heterocycles.